The topological polar surface area (TPSA) is 41.4 Å². The average molecular weight is 383 g/mol. The molecule has 1 amide bonds. The molecule has 0 spiro atoms. The molecule has 2 aromatic rings. The van der Waals surface area contributed by atoms with E-state index in [0.29, 0.717) is 23.8 Å². The van der Waals surface area contributed by atoms with Gasteiger partial charge >= 0.3 is 0 Å². The Hall–Kier alpha value is -1.99. The van der Waals surface area contributed by atoms with Gasteiger partial charge in [0, 0.05) is 37.7 Å². The number of aryl methyl sites for hydroxylation is 1. The molecule has 0 radical (unpaired) electrons. The molecule has 2 heterocycles. The maximum Gasteiger partial charge on any atom is 0.280 e. The van der Waals surface area contributed by atoms with Crippen molar-refractivity contribution in [1.82, 2.24) is 19.6 Å². The quantitative estimate of drug-likeness (QED) is 0.797. The highest BCUT2D eigenvalue weighted by atomic mass is 35.5. The van der Waals surface area contributed by atoms with Crippen LogP contribution in [-0.2, 0) is 17.9 Å². The normalized spacial score (nSPS) is 15.7. The summed E-state index contributed by atoms with van der Waals surface area (Å²) in [4.78, 5) is 16.4. The van der Waals surface area contributed by atoms with Crippen molar-refractivity contribution in [2.75, 3.05) is 26.2 Å². The van der Waals surface area contributed by atoms with Crippen molar-refractivity contribution >= 4 is 17.5 Å². The van der Waals surface area contributed by atoms with Crippen LogP contribution in [0.25, 0.3) is 0 Å². The number of aromatic nitrogens is 2. The third kappa shape index (κ3) is 4.59. The fraction of sp³-hybridized carbons (Fsp3) is 0.444. The van der Waals surface area contributed by atoms with Crippen LogP contribution in [0.2, 0.25) is 5.02 Å². The summed E-state index contributed by atoms with van der Waals surface area (Å²) in [6, 6.07) is 9.04. The lowest BCUT2D eigenvalue weighted by Crippen LogP contribution is -2.49. The minimum Gasteiger partial charge on any atom is -0.339 e. The molecule has 0 aliphatic carbocycles. The van der Waals surface area contributed by atoms with Crippen molar-refractivity contribution in [3.63, 3.8) is 0 Å². The number of rotatable bonds is 5. The molecule has 1 aromatic heterocycles. The molecule has 0 saturated carbocycles. The van der Waals surface area contributed by atoms with Crippen molar-refractivity contribution < 1.29 is 13.6 Å². The van der Waals surface area contributed by atoms with Crippen molar-refractivity contribution in [2.45, 2.75) is 26.4 Å². The maximum absolute atomic E-state index is 13.0. The zero-order valence-corrected chi connectivity index (χ0v) is 15.3. The molecule has 8 heteroatoms. The number of carbonyl (C=O) groups is 1. The second-order valence-corrected chi connectivity index (χ2v) is 6.89. The molecule has 3 rings (SSSR count). The second-order valence-electron chi connectivity index (χ2n) is 6.46. The molecule has 5 nitrogen and oxygen atoms in total. The molecule has 0 N–H and O–H groups in total. The van der Waals surface area contributed by atoms with Gasteiger partial charge in [-0.05, 0) is 30.7 Å². The fourth-order valence-corrected chi connectivity index (χ4v) is 3.36. The molecule has 1 fully saturated rings. The molecule has 1 saturated heterocycles. The van der Waals surface area contributed by atoms with Gasteiger partial charge in [-0.2, -0.15) is 5.10 Å². The summed E-state index contributed by atoms with van der Waals surface area (Å²) in [7, 11) is 0. The van der Waals surface area contributed by atoms with Crippen LogP contribution < -0.4 is 0 Å². The van der Waals surface area contributed by atoms with Gasteiger partial charge in [0.2, 0.25) is 5.91 Å². The lowest BCUT2D eigenvalue weighted by molar-refractivity contribution is -0.134. The molecule has 140 valence electrons. The minimum atomic E-state index is -2.64. The summed E-state index contributed by atoms with van der Waals surface area (Å²) in [6.45, 7) is 4.88. The van der Waals surface area contributed by atoms with Crippen LogP contribution in [0, 0.1) is 6.92 Å². The van der Waals surface area contributed by atoms with E-state index in [1.165, 1.54) is 6.07 Å². The Morgan fingerprint density at radius 1 is 1.23 bits per heavy atom. The minimum absolute atomic E-state index is 0.151. The van der Waals surface area contributed by atoms with Gasteiger partial charge in [0.05, 0.1) is 5.69 Å². The van der Waals surface area contributed by atoms with Gasteiger partial charge in [-0.25, -0.2) is 8.78 Å². The van der Waals surface area contributed by atoms with Crippen molar-refractivity contribution in [1.29, 1.82) is 0 Å². The molecule has 0 atom stereocenters. The van der Waals surface area contributed by atoms with E-state index in [1.54, 1.807) is 11.8 Å². The lowest BCUT2D eigenvalue weighted by Gasteiger charge is -2.34. The Morgan fingerprint density at radius 3 is 2.62 bits per heavy atom. The van der Waals surface area contributed by atoms with Crippen molar-refractivity contribution in [2.24, 2.45) is 0 Å². The smallest absolute Gasteiger partial charge is 0.280 e. The molecule has 26 heavy (non-hydrogen) atoms. The van der Waals surface area contributed by atoms with Gasteiger partial charge < -0.3 is 4.90 Å². The maximum atomic E-state index is 13.0. The number of benzene rings is 1. The number of hydrogen-bond acceptors (Lipinski definition) is 3. The Labute approximate surface area is 156 Å². The van der Waals surface area contributed by atoms with Crippen molar-refractivity contribution in [3.05, 3.63) is 52.3 Å². The van der Waals surface area contributed by atoms with Crippen LogP contribution >= 0.6 is 11.6 Å². The summed E-state index contributed by atoms with van der Waals surface area (Å²) in [5.74, 6) is -0.183. The average Bonchev–Trinajstić information content (AvgIpc) is 2.96. The Balaban J connectivity index is 1.54. The highest BCUT2D eigenvalue weighted by Gasteiger charge is 2.24. The standard InChI is InChI=1S/C18H21ClF2N4O/c1-13-9-16(18(20)21)25(22-13)12-17(26)24-7-5-23(6-8-24)11-14-3-2-4-15(19)10-14/h2-4,9-10,18H,5-8,11-12H2,1H3. The van der Waals surface area contributed by atoms with Gasteiger partial charge in [0.15, 0.2) is 0 Å². The number of nitrogens with zero attached hydrogens (tertiary/aromatic N) is 4. The first-order valence-corrected chi connectivity index (χ1v) is 8.87. The van der Waals surface area contributed by atoms with Gasteiger partial charge in [-0.3, -0.25) is 14.4 Å². The number of carbonyl (C=O) groups excluding carboxylic acids is 1. The van der Waals surface area contributed by atoms with E-state index in [0.717, 1.165) is 29.9 Å². The first kappa shape index (κ1) is 18.8. The third-order valence-electron chi connectivity index (χ3n) is 4.46. The van der Waals surface area contributed by atoms with E-state index in [1.807, 2.05) is 24.3 Å². The highest BCUT2D eigenvalue weighted by Crippen LogP contribution is 2.20. The molecule has 1 aliphatic heterocycles. The summed E-state index contributed by atoms with van der Waals surface area (Å²) in [5.41, 5.74) is 1.40. The van der Waals surface area contributed by atoms with Gasteiger partial charge in [0.1, 0.15) is 12.2 Å². The first-order chi connectivity index (χ1) is 12.4. The van der Waals surface area contributed by atoms with E-state index in [4.69, 9.17) is 11.6 Å². The van der Waals surface area contributed by atoms with Crippen LogP contribution in [0.3, 0.4) is 0 Å². The largest absolute Gasteiger partial charge is 0.339 e. The molecule has 1 aromatic carbocycles. The first-order valence-electron chi connectivity index (χ1n) is 8.49. The summed E-state index contributed by atoms with van der Waals surface area (Å²) in [5, 5.41) is 4.72. The van der Waals surface area contributed by atoms with Crippen LogP contribution in [0.4, 0.5) is 8.78 Å². The monoisotopic (exact) mass is 382 g/mol. The van der Waals surface area contributed by atoms with Gasteiger partial charge in [0.25, 0.3) is 6.43 Å². The number of piperazine rings is 1. The van der Waals surface area contributed by atoms with Crippen LogP contribution in [0.1, 0.15) is 23.4 Å². The molecular weight excluding hydrogens is 362 g/mol. The van der Waals surface area contributed by atoms with E-state index < -0.39 is 6.43 Å². The highest BCUT2D eigenvalue weighted by molar-refractivity contribution is 6.30. The number of alkyl halides is 2. The van der Waals surface area contributed by atoms with Crippen LogP contribution in [-0.4, -0.2) is 51.7 Å². The molecule has 0 bridgehead atoms. The SMILES string of the molecule is Cc1cc(C(F)F)n(CC(=O)N2CCN(Cc3cccc(Cl)c3)CC2)n1. The number of hydrogen-bond donors (Lipinski definition) is 0. The second kappa shape index (κ2) is 8.14. The van der Waals surface area contributed by atoms with Crippen LogP contribution in [0.5, 0.6) is 0 Å². The summed E-state index contributed by atoms with van der Waals surface area (Å²) in [6.07, 6.45) is -2.64. The van der Waals surface area contributed by atoms with Gasteiger partial charge in [-0.1, -0.05) is 23.7 Å². The van der Waals surface area contributed by atoms with Gasteiger partial charge in [-0.15, -0.1) is 0 Å². The number of halogens is 3. The van der Waals surface area contributed by atoms with E-state index >= 15 is 0 Å². The Morgan fingerprint density at radius 2 is 1.96 bits per heavy atom. The lowest BCUT2D eigenvalue weighted by atomic mass is 10.2. The summed E-state index contributed by atoms with van der Waals surface area (Å²) < 4.78 is 27.1. The van der Waals surface area contributed by atoms with E-state index in [9.17, 15) is 13.6 Å². The Bertz CT molecular complexity index is 772. The molecular formula is C18H21ClF2N4O. The molecule has 1 aliphatic rings. The van der Waals surface area contributed by atoms with Crippen LogP contribution in [0.15, 0.2) is 30.3 Å². The zero-order chi connectivity index (χ0) is 18.7. The molecule has 0 unspecified atom stereocenters. The third-order valence-corrected chi connectivity index (χ3v) is 4.70. The Kier molecular flexibility index (Phi) is 5.88. The van der Waals surface area contributed by atoms with E-state index in [-0.39, 0.29) is 18.1 Å². The predicted octanol–water partition coefficient (Wildman–Crippen LogP) is 3.13. The number of amides is 1. The van der Waals surface area contributed by atoms with Crippen molar-refractivity contribution in [3.8, 4) is 0 Å². The fourth-order valence-electron chi connectivity index (χ4n) is 3.14. The summed E-state index contributed by atoms with van der Waals surface area (Å²) >= 11 is 6.01. The predicted molar refractivity (Wildman–Crippen MR) is 95.2 cm³/mol. The van der Waals surface area contributed by atoms with E-state index in [2.05, 4.69) is 10.00 Å². The zero-order valence-electron chi connectivity index (χ0n) is 14.5.